The van der Waals surface area contributed by atoms with Crippen molar-refractivity contribution in [3.63, 3.8) is 0 Å². The van der Waals surface area contributed by atoms with Crippen LogP contribution in [-0.4, -0.2) is 42.9 Å². The number of fused-ring (bicyclic) bond motifs is 1. The first-order valence-electron chi connectivity index (χ1n) is 6.17. The van der Waals surface area contributed by atoms with Crippen molar-refractivity contribution in [2.75, 3.05) is 32.9 Å². The van der Waals surface area contributed by atoms with E-state index in [1.807, 2.05) is 12.1 Å². The summed E-state index contributed by atoms with van der Waals surface area (Å²) in [7, 11) is 0. The van der Waals surface area contributed by atoms with Crippen LogP contribution in [0.15, 0.2) is 18.2 Å². The second-order valence-corrected chi connectivity index (χ2v) is 4.84. The third-order valence-electron chi connectivity index (χ3n) is 3.26. The van der Waals surface area contributed by atoms with Gasteiger partial charge in [-0.2, -0.15) is 0 Å². The van der Waals surface area contributed by atoms with E-state index >= 15 is 0 Å². The number of aliphatic hydroxyl groups is 1. The molecule has 0 aromatic heterocycles. The molecule has 2 rings (SSSR count). The molecule has 0 amide bonds. The van der Waals surface area contributed by atoms with Crippen molar-refractivity contribution in [2.45, 2.75) is 12.6 Å². The molecule has 0 spiro atoms. The van der Waals surface area contributed by atoms with E-state index in [4.69, 9.17) is 27.2 Å². The number of nitrogens with zero attached hydrogens (tertiary/aromatic N) is 1. The van der Waals surface area contributed by atoms with Crippen molar-refractivity contribution >= 4 is 11.6 Å². The van der Waals surface area contributed by atoms with E-state index in [-0.39, 0.29) is 12.6 Å². The van der Waals surface area contributed by atoms with Crippen LogP contribution in [0.2, 0.25) is 5.02 Å². The standard InChI is InChI=1S/C13H19ClN2O2/c14-11-2-1-10-9-16(3-5-18-6-4-17)13(8-15)12(10)7-11/h1-2,7,13,17H,3-6,8-9,15H2. The fourth-order valence-corrected chi connectivity index (χ4v) is 2.59. The summed E-state index contributed by atoms with van der Waals surface area (Å²) in [5, 5.41) is 9.41. The van der Waals surface area contributed by atoms with Crippen LogP contribution in [0.25, 0.3) is 0 Å². The smallest absolute Gasteiger partial charge is 0.0698 e. The number of ether oxygens (including phenoxy) is 1. The van der Waals surface area contributed by atoms with Crippen LogP contribution in [0.5, 0.6) is 0 Å². The molecule has 0 saturated heterocycles. The van der Waals surface area contributed by atoms with Gasteiger partial charge in [0.1, 0.15) is 0 Å². The quantitative estimate of drug-likeness (QED) is 0.762. The van der Waals surface area contributed by atoms with E-state index in [0.717, 1.165) is 18.1 Å². The summed E-state index contributed by atoms with van der Waals surface area (Å²) in [4.78, 5) is 2.29. The highest BCUT2D eigenvalue weighted by Gasteiger charge is 2.28. The normalized spacial score (nSPS) is 19.2. The monoisotopic (exact) mass is 270 g/mol. The van der Waals surface area contributed by atoms with E-state index in [9.17, 15) is 0 Å². The first-order valence-corrected chi connectivity index (χ1v) is 6.55. The SMILES string of the molecule is NCC1c2cc(Cl)ccc2CN1CCOCCO. The van der Waals surface area contributed by atoms with Crippen LogP contribution in [0.4, 0.5) is 0 Å². The molecule has 1 atom stereocenters. The van der Waals surface area contributed by atoms with E-state index < -0.39 is 0 Å². The maximum Gasteiger partial charge on any atom is 0.0698 e. The summed E-state index contributed by atoms with van der Waals surface area (Å²) in [6.07, 6.45) is 0. The second-order valence-electron chi connectivity index (χ2n) is 4.40. The summed E-state index contributed by atoms with van der Waals surface area (Å²) < 4.78 is 5.30. The Hall–Kier alpha value is -0.650. The first-order chi connectivity index (χ1) is 8.76. The van der Waals surface area contributed by atoms with Crippen LogP contribution in [0, 0.1) is 0 Å². The van der Waals surface area contributed by atoms with Gasteiger partial charge >= 0.3 is 0 Å². The lowest BCUT2D eigenvalue weighted by atomic mass is 10.1. The Kier molecular flexibility index (Phi) is 4.97. The Bertz CT molecular complexity index is 401. The van der Waals surface area contributed by atoms with E-state index in [0.29, 0.717) is 19.8 Å². The summed E-state index contributed by atoms with van der Waals surface area (Å²) in [5.41, 5.74) is 8.37. The third kappa shape index (κ3) is 3.02. The fourth-order valence-electron chi connectivity index (χ4n) is 2.41. The van der Waals surface area contributed by atoms with E-state index in [2.05, 4.69) is 11.0 Å². The van der Waals surface area contributed by atoms with Gasteiger partial charge in [-0.05, 0) is 23.3 Å². The number of hydrogen-bond acceptors (Lipinski definition) is 4. The largest absolute Gasteiger partial charge is 0.394 e. The number of nitrogens with two attached hydrogens (primary N) is 1. The highest BCUT2D eigenvalue weighted by molar-refractivity contribution is 6.30. The van der Waals surface area contributed by atoms with Crippen LogP contribution in [0.1, 0.15) is 17.2 Å². The number of aliphatic hydroxyl groups excluding tert-OH is 1. The molecular formula is C13H19ClN2O2. The van der Waals surface area contributed by atoms with Crippen LogP contribution < -0.4 is 5.73 Å². The summed E-state index contributed by atoms with van der Waals surface area (Å²) in [6, 6.07) is 6.20. The molecule has 1 aliphatic rings. The molecule has 1 aromatic carbocycles. The third-order valence-corrected chi connectivity index (χ3v) is 3.50. The molecule has 1 aromatic rings. The zero-order valence-corrected chi connectivity index (χ0v) is 11.1. The van der Waals surface area contributed by atoms with Crippen molar-refractivity contribution in [3.8, 4) is 0 Å². The van der Waals surface area contributed by atoms with Gasteiger partial charge in [0.2, 0.25) is 0 Å². The average Bonchev–Trinajstić information content (AvgIpc) is 2.71. The predicted molar refractivity (Wildman–Crippen MR) is 71.6 cm³/mol. The minimum atomic E-state index is 0.0656. The number of hydrogen-bond donors (Lipinski definition) is 2. The van der Waals surface area contributed by atoms with Crippen LogP contribution in [-0.2, 0) is 11.3 Å². The molecule has 1 aliphatic heterocycles. The topological polar surface area (TPSA) is 58.7 Å². The van der Waals surface area contributed by atoms with Crippen LogP contribution >= 0.6 is 11.6 Å². The Morgan fingerprint density at radius 2 is 2.28 bits per heavy atom. The van der Waals surface area contributed by atoms with Gasteiger partial charge in [-0.1, -0.05) is 17.7 Å². The van der Waals surface area contributed by atoms with Crippen molar-refractivity contribution < 1.29 is 9.84 Å². The molecule has 100 valence electrons. The summed E-state index contributed by atoms with van der Waals surface area (Å²) >= 11 is 6.03. The maximum absolute atomic E-state index is 8.66. The fraction of sp³-hybridized carbons (Fsp3) is 0.538. The molecular weight excluding hydrogens is 252 g/mol. The van der Waals surface area contributed by atoms with Gasteiger partial charge in [-0.3, -0.25) is 4.90 Å². The van der Waals surface area contributed by atoms with Crippen molar-refractivity contribution in [1.82, 2.24) is 4.90 Å². The van der Waals surface area contributed by atoms with E-state index in [1.165, 1.54) is 11.1 Å². The zero-order chi connectivity index (χ0) is 13.0. The van der Waals surface area contributed by atoms with Gasteiger partial charge in [0.05, 0.1) is 19.8 Å². The minimum absolute atomic E-state index is 0.0656. The van der Waals surface area contributed by atoms with Gasteiger partial charge in [0.15, 0.2) is 0 Å². The number of rotatable bonds is 6. The Labute approximate surface area is 112 Å². The summed E-state index contributed by atoms with van der Waals surface area (Å²) in [6.45, 7) is 3.34. The minimum Gasteiger partial charge on any atom is -0.394 e. The number of halogens is 1. The Morgan fingerprint density at radius 1 is 1.44 bits per heavy atom. The Balaban J connectivity index is 1.99. The molecule has 0 fully saturated rings. The zero-order valence-electron chi connectivity index (χ0n) is 10.3. The summed E-state index contributed by atoms with van der Waals surface area (Å²) in [5.74, 6) is 0. The molecule has 18 heavy (non-hydrogen) atoms. The highest BCUT2D eigenvalue weighted by Crippen LogP contribution is 2.34. The lowest BCUT2D eigenvalue weighted by Crippen LogP contribution is -2.31. The lowest BCUT2D eigenvalue weighted by molar-refractivity contribution is 0.0657. The molecule has 4 nitrogen and oxygen atoms in total. The van der Waals surface area contributed by atoms with Gasteiger partial charge in [-0.15, -0.1) is 0 Å². The molecule has 0 aliphatic carbocycles. The number of benzene rings is 1. The van der Waals surface area contributed by atoms with Crippen molar-refractivity contribution in [2.24, 2.45) is 5.73 Å². The molecule has 0 bridgehead atoms. The molecule has 0 radical (unpaired) electrons. The molecule has 1 heterocycles. The van der Waals surface area contributed by atoms with Crippen LogP contribution in [0.3, 0.4) is 0 Å². The lowest BCUT2D eigenvalue weighted by Gasteiger charge is -2.23. The van der Waals surface area contributed by atoms with Gasteiger partial charge in [0.25, 0.3) is 0 Å². The van der Waals surface area contributed by atoms with Crippen molar-refractivity contribution in [3.05, 3.63) is 34.3 Å². The molecule has 0 saturated carbocycles. The Morgan fingerprint density at radius 3 is 3.00 bits per heavy atom. The highest BCUT2D eigenvalue weighted by atomic mass is 35.5. The van der Waals surface area contributed by atoms with Gasteiger partial charge in [0, 0.05) is 30.7 Å². The van der Waals surface area contributed by atoms with E-state index in [1.54, 1.807) is 0 Å². The molecule has 1 unspecified atom stereocenters. The molecule has 5 heteroatoms. The predicted octanol–water partition coefficient (Wildman–Crippen LogP) is 1.16. The van der Waals surface area contributed by atoms with Gasteiger partial charge in [-0.25, -0.2) is 0 Å². The van der Waals surface area contributed by atoms with Gasteiger partial charge < -0.3 is 15.6 Å². The van der Waals surface area contributed by atoms with Crippen molar-refractivity contribution in [1.29, 1.82) is 0 Å². The first kappa shape index (κ1) is 13.8. The molecule has 3 N–H and O–H groups in total. The maximum atomic E-state index is 8.66. The second kappa shape index (κ2) is 6.50. The average molecular weight is 271 g/mol.